The van der Waals surface area contributed by atoms with Crippen LogP contribution >= 0.6 is 11.6 Å². The van der Waals surface area contributed by atoms with Crippen molar-refractivity contribution < 1.29 is 4.79 Å². The molecule has 0 unspecified atom stereocenters. The van der Waals surface area contributed by atoms with Gasteiger partial charge in [-0.3, -0.25) is 9.78 Å². The number of nitrogens with one attached hydrogen (secondary N) is 1. The number of halogens is 1. The van der Waals surface area contributed by atoms with Crippen LogP contribution in [0.5, 0.6) is 0 Å². The lowest BCUT2D eigenvalue weighted by Gasteiger charge is -2.08. The molecule has 0 saturated heterocycles. The molecule has 4 nitrogen and oxygen atoms in total. The lowest BCUT2D eigenvalue weighted by atomic mass is 10.2. The Hall–Kier alpha value is -2.07. The summed E-state index contributed by atoms with van der Waals surface area (Å²) in [6.45, 7) is 1.87. The highest BCUT2D eigenvalue weighted by Gasteiger charge is 2.09. The van der Waals surface area contributed by atoms with Crippen molar-refractivity contribution in [2.45, 2.75) is 6.92 Å². The molecule has 1 aromatic heterocycles. The lowest BCUT2D eigenvalue weighted by Crippen LogP contribution is -2.12. The first-order valence-corrected chi connectivity index (χ1v) is 5.72. The Kier molecular flexibility index (Phi) is 3.48. The van der Waals surface area contributed by atoms with Crippen LogP contribution in [0.25, 0.3) is 0 Å². The van der Waals surface area contributed by atoms with Crippen LogP contribution in [0.4, 0.5) is 11.4 Å². The number of nitrogens with zero attached hydrogens (tertiary/aromatic N) is 1. The standard InChI is InChI=1S/C13H12ClN3O/c1-8-4-9(7-16-6-8)13(18)17-12-5-10(15)2-3-11(12)14/h2-7H,15H2,1H3,(H,17,18). The number of nitrogen functional groups attached to an aromatic ring is 1. The van der Waals surface area contributed by atoms with Gasteiger partial charge in [-0.25, -0.2) is 0 Å². The molecule has 1 amide bonds. The summed E-state index contributed by atoms with van der Waals surface area (Å²) in [7, 11) is 0. The van der Waals surface area contributed by atoms with Gasteiger partial charge in [0.1, 0.15) is 0 Å². The third-order valence-corrected chi connectivity index (χ3v) is 2.71. The number of hydrogen-bond acceptors (Lipinski definition) is 3. The Morgan fingerprint density at radius 1 is 1.33 bits per heavy atom. The molecule has 0 saturated carbocycles. The number of anilines is 2. The van der Waals surface area contributed by atoms with Gasteiger partial charge in [-0.1, -0.05) is 11.6 Å². The molecule has 0 radical (unpaired) electrons. The predicted octanol–water partition coefficient (Wildman–Crippen LogP) is 2.88. The summed E-state index contributed by atoms with van der Waals surface area (Å²) >= 11 is 5.97. The highest BCUT2D eigenvalue weighted by atomic mass is 35.5. The van der Waals surface area contributed by atoms with E-state index in [4.69, 9.17) is 17.3 Å². The Labute approximate surface area is 110 Å². The maximum Gasteiger partial charge on any atom is 0.257 e. The number of aromatic nitrogens is 1. The molecule has 0 aliphatic heterocycles. The van der Waals surface area contributed by atoms with Gasteiger partial charge in [-0.2, -0.15) is 0 Å². The third-order valence-electron chi connectivity index (χ3n) is 2.38. The second kappa shape index (κ2) is 5.06. The number of rotatable bonds is 2. The van der Waals surface area contributed by atoms with Gasteiger partial charge in [-0.05, 0) is 36.8 Å². The predicted molar refractivity (Wildman–Crippen MR) is 72.8 cm³/mol. The molecule has 0 bridgehead atoms. The summed E-state index contributed by atoms with van der Waals surface area (Å²) in [5.41, 5.74) is 8.07. The number of hydrogen-bond donors (Lipinski definition) is 2. The van der Waals surface area contributed by atoms with Gasteiger partial charge < -0.3 is 11.1 Å². The van der Waals surface area contributed by atoms with Gasteiger partial charge in [0.15, 0.2) is 0 Å². The van der Waals surface area contributed by atoms with Crippen LogP contribution < -0.4 is 11.1 Å². The SMILES string of the molecule is Cc1cncc(C(=O)Nc2cc(N)ccc2Cl)c1. The molecule has 18 heavy (non-hydrogen) atoms. The zero-order valence-electron chi connectivity index (χ0n) is 9.77. The maximum absolute atomic E-state index is 12.0. The van der Waals surface area contributed by atoms with Crippen molar-refractivity contribution in [3.8, 4) is 0 Å². The first-order valence-electron chi connectivity index (χ1n) is 5.34. The molecule has 3 N–H and O–H groups in total. The first-order chi connectivity index (χ1) is 8.56. The van der Waals surface area contributed by atoms with Gasteiger partial charge in [0.05, 0.1) is 16.3 Å². The number of pyridine rings is 1. The summed E-state index contributed by atoms with van der Waals surface area (Å²) in [5.74, 6) is -0.265. The van der Waals surface area contributed by atoms with Crippen molar-refractivity contribution in [3.63, 3.8) is 0 Å². The fraction of sp³-hybridized carbons (Fsp3) is 0.0769. The first kappa shape index (κ1) is 12.4. The highest BCUT2D eigenvalue weighted by Crippen LogP contribution is 2.24. The fourth-order valence-electron chi connectivity index (χ4n) is 1.51. The number of nitrogens with two attached hydrogens (primary N) is 1. The van der Waals surface area contributed by atoms with E-state index >= 15 is 0 Å². The zero-order chi connectivity index (χ0) is 13.1. The molecule has 92 valence electrons. The molecular weight excluding hydrogens is 250 g/mol. The molecule has 5 heteroatoms. The van der Waals surface area contributed by atoms with Gasteiger partial charge >= 0.3 is 0 Å². The average molecular weight is 262 g/mol. The third kappa shape index (κ3) is 2.78. The summed E-state index contributed by atoms with van der Waals surface area (Å²) in [6, 6.07) is 6.68. The molecule has 2 rings (SSSR count). The van der Waals surface area contributed by atoms with Crippen molar-refractivity contribution in [1.29, 1.82) is 0 Å². The van der Waals surface area contributed by atoms with Crippen LogP contribution in [0.15, 0.2) is 36.7 Å². The zero-order valence-corrected chi connectivity index (χ0v) is 10.5. The maximum atomic E-state index is 12.0. The minimum Gasteiger partial charge on any atom is -0.399 e. The van der Waals surface area contributed by atoms with Crippen LogP contribution in [-0.4, -0.2) is 10.9 Å². The second-order valence-electron chi connectivity index (χ2n) is 3.94. The van der Waals surface area contributed by atoms with E-state index in [-0.39, 0.29) is 5.91 Å². The number of carbonyl (C=O) groups is 1. The van der Waals surface area contributed by atoms with Crippen LogP contribution in [0.1, 0.15) is 15.9 Å². The van der Waals surface area contributed by atoms with E-state index in [2.05, 4.69) is 10.3 Å². The monoisotopic (exact) mass is 261 g/mol. The fourth-order valence-corrected chi connectivity index (χ4v) is 1.68. The second-order valence-corrected chi connectivity index (χ2v) is 4.35. The number of carbonyl (C=O) groups excluding carboxylic acids is 1. The van der Waals surface area contributed by atoms with E-state index in [9.17, 15) is 4.79 Å². The van der Waals surface area contributed by atoms with Gasteiger partial charge in [-0.15, -0.1) is 0 Å². The van der Waals surface area contributed by atoms with Crippen molar-refractivity contribution in [2.75, 3.05) is 11.1 Å². The molecule has 0 fully saturated rings. The van der Waals surface area contributed by atoms with E-state index in [1.165, 1.54) is 6.20 Å². The molecule has 1 aromatic carbocycles. The summed E-state index contributed by atoms with van der Waals surface area (Å²) in [4.78, 5) is 15.9. The molecule has 0 atom stereocenters. The van der Waals surface area contributed by atoms with Gasteiger partial charge in [0, 0.05) is 18.1 Å². The molecule has 0 aliphatic carbocycles. The smallest absolute Gasteiger partial charge is 0.257 e. The van der Waals surface area contributed by atoms with E-state index in [1.807, 2.05) is 6.92 Å². The van der Waals surface area contributed by atoms with Crippen molar-refractivity contribution in [2.24, 2.45) is 0 Å². The van der Waals surface area contributed by atoms with E-state index < -0.39 is 0 Å². The van der Waals surface area contributed by atoms with Crippen LogP contribution in [0, 0.1) is 6.92 Å². The van der Waals surface area contributed by atoms with Gasteiger partial charge in [0.25, 0.3) is 5.91 Å². The largest absolute Gasteiger partial charge is 0.399 e. The minimum absolute atomic E-state index is 0.265. The number of aryl methyl sites for hydroxylation is 1. The molecule has 0 spiro atoms. The topological polar surface area (TPSA) is 68.0 Å². The van der Waals surface area contributed by atoms with Crippen LogP contribution in [0.2, 0.25) is 5.02 Å². The number of benzene rings is 1. The molecule has 2 aromatic rings. The van der Waals surface area contributed by atoms with E-state index in [1.54, 1.807) is 30.5 Å². The van der Waals surface area contributed by atoms with Crippen molar-refractivity contribution >= 4 is 28.9 Å². The Morgan fingerprint density at radius 2 is 2.11 bits per heavy atom. The Morgan fingerprint density at radius 3 is 2.83 bits per heavy atom. The average Bonchev–Trinajstić information content (AvgIpc) is 2.34. The summed E-state index contributed by atoms with van der Waals surface area (Å²) in [5, 5.41) is 3.15. The highest BCUT2D eigenvalue weighted by molar-refractivity contribution is 6.34. The lowest BCUT2D eigenvalue weighted by molar-refractivity contribution is 0.102. The summed E-state index contributed by atoms with van der Waals surface area (Å²) in [6.07, 6.45) is 3.19. The Balaban J connectivity index is 2.24. The van der Waals surface area contributed by atoms with E-state index in [0.717, 1.165) is 5.56 Å². The van der Waals surface area contributed by atoms with E-state index in [0.29, 0.717) is 22.0 Å². The molecule has 1 heterocycles. The van der Waals surface area contributed by atoms with Crippen LogP contribution in [0.3, 0.4) is 0 Å². The molecular formula is C13H12ClN3O. The summed E-state index contributed by atoms with van der Waals surface area (Å²) < 4.78 is 0. The minimum atomic E-state index is -0.265. The quantitative estimate of drug-likeness (QED) is 0.817. The Bertz CT molecular complexity index is 599. The molecule has 0 aliphatic rings. The van der Waals surface area contributed by atoms with Crippen molar-refractivity contribution in [3.05, 3.63) is 52.8 Å². The normalized spacial score (nSPS) is 10.1. The van der Waals surface area contributed by atoms with Gasteiger partial charge in [0.2, 0.25) is 0 Å². The van der Waals surface area contributed by atoms with Crippen LogP contribution in [-0.2, 0) is 0 Å². The van der Waals surface area contributed by atoms with Crippen molar-refractivity contribution in [1.82, 2.24) is 4.98 Å². The number of amides is 1.